The first-order valence-electron chi connectivity index (χ1n) is 6.59. The van der Waals surface area contributed by atoms with Gasteiger partial charge in [0.05, 0.1) is 11.0 Å². The molecule has 0 aliphatic heterocycles. The Balaban J connectivity index is 2.17. The van der Waals surface area contributed by atoms with Crippen molar-refractivity contribution in [3.05, 3.63) is 54.6 Å². The highest BCUT2D eigenvalue weighted by molar-refractivity contribution is 8.00. The van der Waals surface area contributed by atoms with Crippen molar-refractivity contribution in [3.63, 3.8) is 0 Å². The Kier molecular flexibility index (Phi) is 3.66. The molecule has 4 nitrogen and oxygen atoms in total. The second kappa shape index (κ2) is 5.61. The zero-order chi connectivity index (χ0) is 14.8. The molecule has 1 heterocycles. The van der Waals surface area contributed by atoms with Crippen molar-refractivity contribution in [1.29, 1.82) is 0 Å². The Morgan fingerprint density at radius 2 is 1.81 bits per heavy atom. The molecule has 0 bridgehead atoms. The predicted octanol–water partition coefficient (Wildman–Crippen LogP) is 3.59. The molecule has 0 saturated heterocycles. The molecule has 0 spiro atoms. The maximum absolute atomic E-state index is 11.1. The van der Waals surface area contributed by atoms with E-state index in [-0.39, 0.29) is 0 Å². The Bertz CT molecular complexity index is 783. The molecule has 0 radical (unpaired) electrons. The largest absolute Gasteiger partial charge is 0.480 e. The van der Waals surface area contributed by atoms with E-state index in [1.54, 1.807) is 6.92 Å². The topological polar surface area (TPSA) is 55.1 Å². The zero-order valence-electron chi connectivity index (χ0n) is 11.4. The summed E-state index contributed by atoms with van der Waals surface area (Å²) >= 11 is 1.25. The third-order valence-corrected chi connectivity index (χ3v) is 4.21. The summed E-state index contributed by atoms with van der Waals surface area (Å²) in [5.74, 6) is -0.841. The first-order valence-corrected chi connectivity index (χ1v) is 7.47. The fourth-order valence-corrected chi connectivity index (χ4v) is 3.00. The highest BCUT2D eigenvalue weighted by Gasteiger charge is 2.19. The molecule has 1 atom stereocenters. The molecule has 1 unspecified atom stereocenters. The van der Waals surface area contributed by atoms with Crippen molar-refractivity contribution in [3.8, 4) is 5.69 Å². The van der Waals surface area contributed by atoms with Crippen molar-refractivity contribution in [2.45, 2.75) is 17.3 Å². The molecule has 106 valence electrons. The molecule has 5 heteroatoms. The molecule has 0 aliphatic carbocycles. The molecule has 1 N–H and O–H groups in total. The molecular formula is C16H14N2O2S. The van der Waals surface area contributed by atoms with Gasteiger partial charge in [-0.1, -0.05) is 42.1 Å². The molecule has 0 aliphatic rings. The predicted molar refractivity (Wildman–Crippen MR) is 84.0 cm³/mol. The van der Waals surface area contributed by atoms with Crippen LogP contribution in [0.15, 0.2) is 59.8 Å². The van der Waals surface area contributed by atoms with Gasteiger partial charge in [0.1, 0.15) is 5.25 Å². The number of aromatic nitrogens is 2. The number of para-hydroxylation sites is 3. The van der Waals surface area contributed by atoms with Crippen molar-refractivity contribution in [2.24, 2.45) is 0 Å². The van der Waals surface area contributed by atoms with E-state index >= 15 is 0 Å². The van der Waals surface area contributed by atoms with Crippen LogP contribution in [0.3, 0.4) is 0 Å². The Morgan fingerprint density at radius 1 is 1.14 bits per heavy atom. The van der Waals surface area contributed by atoms with Gasteiger partial charge in [-0.3, -0.25) is 9.36 Å². The summed E-state index contributed by atoms with van der Waals surface area (Å²) in [7, 11) is 0. The monoisotopic (exact) mass is 298 g/mol. The van der Waals surface area contributed by atoms with Crippen LogP contribution in [0.1, 0.15) is 6.92 Å². The lowest BCUT2D eigenvalue weighted by Gasteiger charge is -2.10. The van der Waals surface area contributed by atoms with Gasteiger partial charge in [0.2, 0.25) is 0 Å². The highest BCUT2D eigenvalue weighted by atomic mass is 32.2. The van der Waals surface area contributed by atoms with Crippen molar-refractivity contribution < 1.29 is 9.90 Å². The van der Waals surface area contributed by atoms with Gasteiger partial charge in [0.25, 0.3) is 0 Å². The van der Waals surface area contributed by atoms with Crippen LogP contribution in [-0.2, 0) is 4.79 Å². The second-order valence-corrected chi connectivity index (χ2v) is 5.96. The fourth-order valence-electron chi connectivity index (χ4n) is 2.12. The standard InChI is InChI=1S/C16H14N2O2S/c1-11(15(19)20)21-16-17-13-9-5-6-10-14(13)18(16)12-7-3-2-4-8-12/h2-11H,1H3,(H,19,20). The molecule has 0 saturated carbocycles. The third kappa shape index (κ3) is 2.64. The zero-order valence-corrected chi connectivity index (χ0v) is 12.2. The van der Waals surface area contributed by atoms with Gasteiger partial charge in [-0.05, 0) is 31.2 Å². The van der Waals surface area contributed by atoms with Crippen molar-refractivity contribution >= 4 is 28.8 Å². The minimum atomic E-state index is -0.841. The average Bonchev–Trinajstić information content (AvgIpc) is 2.85. The smallest absolute Gasteiger partial charge is 0.316 e. The van der Waals surface area contributed by atoms with E-state index in [0.717, 1.165) is 16.7 Å². The lowest BCUT2D eigenvalue weighted by molar-refractivity contribution is -0.136. The summed E-state index contributed by atoms with van der Waals surface area (Å²) in [5.41, 5.74) is 2.82. The molecule has 0 amide bonds. The third-order valence-electron chi connectivity index (χ3n) is 3.17. The fraction of sp³-hybridized carbons (Fsp3) is 0.125. The molecule has 2 aromatic carbocycles. The number of thioether (sulfide) groups is 1. The van der Waals surface area contributed by atoms with Gasteiger partial charge in [-0.25, -0.2) is 4.98 Å². The number of imidazole rings is 1. The van der Waals surface area contributed by atoms with Crippen LogP contribution in [0.5, 0.6) is 0 Å². The normalized spacial score (nSPS) is 12.4. The number of hydrogen-bond acceptors (Lipinski definition) is 3. The van der Waals surface area contributed by atoms with Gasteiger partial charge >= 0.3 is 5.97 Å². The van der Waals surface area contributed by atoms with E-state index in [1.807, 2.05) is 59.2 Å². The number of carbonyl (C=O) groups is 1. The van der Waals surface area contributed by atoms with E-state index in [2.05, 4.69) is 4.98 Å². The first-order chi connectivity index (χ1) is 10.2. The minimum Gasteiger partial charge on any atom is -0.480 e. The van der Waals surface area contributed by atoms with Gasteiger partial charge in [-0.2, -0.15) is 0 Å². The summed E-state index contributed by atoms with van der Waals surface area (Å²) in [4.78, 5) is 15.7. The second-order valence-electron chi connectivity index (χ2n) is 4.65. The highest BCUT2D eigenvalue weighted by Crippen LogP contribution is 2.30. The Labute approximate surface area is 126 Å². The molecule has 3 rings (SSSR count). The van der Waals surface area contributed by atoms with E-state index in [1.165, 1.54) is 11.8 Å². The number of fused-ring (bicyclic) bond motifs is 1. The number of rotatable bonds is 4. The number of aliphatic carboxylic acids is 1. The van der Waals surface area contributed by atoms with Crippen LogP contribution < -0.4 is 0 Å². The summed E-state index contributed by atoms with van der Waals surface area (Å²) < 4.78 is 2.00. The molecule has 1 aromatic heterocycles. The van der Waals surface area contributed by atoms with Crippen LogP contribution in [0.2, 0.25) is 0 Å². The van der Waals surface area contributed by atoms with Crippen LogP contribution >= 0.6 is 11.8 Å². The van der Waals surface area contributed by atoms with Crippen LogP contribution in [-0.4, -0.2) is 25.9 Å². The summed E-state index contributed by atoms with van der Waals surface area (Å²) in [6.07, 6.45) is 0. The van der Waals surface area contributed by atoms with E-state index < -0.39 is 11.2 Å². The molecule has 3 aromatic rings. The van der Waals surface area contributed by atoms with E-state index in [0.29, 0.717) is 5.16 Å². The summed E-state index contributed by atoms with van der Waals surface area (Å²) in [6, 6.07) is 17.7. The lowest BCUT2D eigenvalue weighted by atomic mass is 10.3. The number of benzene rings is 2. The lowest BCUT2D eigenvalue weighted by Crippen LogP contribution is -2.12. The molecular weight excluding hydrogens is 284 g/mol. The number of carboxylic acid groups (broad SMARTS) is 1. The first kappa shape index (κ1) is 13.7. The minimum absolute atomic E-state index is 0.552. The van der Waals surface area contributed by atoms with E-state index in [4.69, 9.17) is 5.11 Å². The van der Waals surface area contributed by atoms with Gasteiger partial charge < -0.3 is 5.11 Å². The van der Waals surface area contributed by atoms with E-state index in [9.17, 15) is 4.79 Å². The van der Waals surface area contributed by atoms with Gasteiger partial charge in [0, 0.05) is 5.69 Å². The number of carboxylic acids is 1. The number of hydrogen-bond donors (Lipinski definition) is 1. The van der Waals surface area contributed by atoms with Gasteiger partial charge in [-0.15, -0.1) is 0 Å². The molecule has 0 fully saturated rings. The summed E-state index contributed by atoms with van der Waals surface area (Å²) in [5, 5.41) is 9.26. The van der Waals surface area contributed by atoms with Crippen LogP contribution in [0.4, 0.5) is 0 Å². The Hall–Kier alpha value is -2.27. The van der Waals surface area contributed by atoms with Gasteiger partial charge in [0.15, 0.2) is 5.16 Å². The Morgan fingerprint density at radius 3 is 2.52 bits per heavy atom. The van der Waals surface area contributed by atoms with Crippen LogP contribution in [0, 0.1) is 0 Å². The number of nitrogens with zero attached hydrogens (tertiary/aromatic N) is 2. The SMILES string of the molecule is CC(Sc1nc2ccccc2n1-c1ccccc1)C(=O)O. The maximum Gasteiger partial charge on any atom is 0.316 e. The van der Waals surface area contributed by atoms with Crippen molar-refractivity contribution in [1.82, 2.24) is 9.55 Å². The van der Waals surface area contributed by atoms with Crippen molar-refractivity contribution in [2.75, 3.05) is 0 Å². The quantitative estimate of drug-likeness (QED) is 0.748. The average molecular weight is 298 g/mol. The maximum atomic E-state index is 11.1. The summed E-state index contributed by atoms with van der Waals surface area (Å²) in [6.45, 7) is 1.67. The van der Waals surface area contributed by atoms with Crippen LogP contribution in [0.25, 0.3) is 16.7 Å². The molecule has 21 heavy (non-hydrogen) atoms.